The van der Waals surface area contributed by atoms with Crippen LogP contribution in [0.3, 0.4) is 0 Å². The van der Waals surface area contributed by atoms with Crippen LogP contribution in [0.25, 0.3) is 0 Å². The van der Waals surface area contributed by atoms with Gasteiger partial charge in [-0.1, -0.05) is 45.0 Å². The molecule has 0 amide bonds. The molecule has 1 aliphatic heterocycles. The maximum absolute atomic E-state index is 5.95. The molecule has 0 radical (unpaired) electrons. The van der Waals surface area contributed by atoms with Gasteiger partial charge in [0.2, 0.25) is 0 Å². The van der Waals surface area contributed by atoms with Gasteiger partial charge < -0.3 is 20.1 Å². The van der Waals surface area contributed by atoms with E-state index in [-0.39, 0.29) is 6.10 Å². The highest BCUT2D eigenvalue weighted by Gasteiger charge is 2.21. The molecule has 1 heterocycles. The zero-order valence-corrected chi connectivity index (χ0v) is 18.7. The average Bonchev–Trinajstić information content (AvgIpc) is 2.71. The summed E-state index contributed by atoms with van der Waals surface area (Å²) >= 11 is 0. The number of aliphatic imine (C=N–C) groups is 1. The van der Waals surface area contributed by atoms with Crippen LogP contribution >= 0.6 is 0 Å². The molecule has 0 bridgehead atoms. The van der Waals surface area contributed by atoms with Crippen LogP contribution in [-0.2, 0) is 22.6 Å². The average molecular weight is 405 g/mol. The maximum atomic E-state index is 5.95. The predicted octanol–water partition coefficient (Wildman–Crippen LogP) is 3.03. The van der Waals surface area contributed by atoms with Crippen molar-refractivity contribution in [1.29, 1.82) is 0 Å². The molecular weight excluding hydrogens is 364 g/mol. The van der Waals surface area contributed by atoms with E-state index >= 15 is 0 Å². The van der Waals surface area contributed by atoms with Crippen LogP contribution in [0.1, 0.15) is 45.2 Å². The number of benzene rings is 1. The summed E-state index contributed by atoms with van der Waals surface area (Å²) < 4.78 is 11.7. The van der Waals surface area contributed by atoms with E-state index in [0.717, 1.165) is 58.3 Å². The van der Waals surface area contributed by atoms with E-state index in [4.69, 9.17) is 14.5 Å². The highest BCUT2D eigenvalue weighted by atomic mass is 16.5. The molecule has 1 atom stereocenters. The first-order valence-corrected chi connectivity index (χ1v) is 11.1. The number of nitrogens with zero attached hydrogens (tertiary/aromatic N) is 2. The summed E-state index contributed by atoms with van der Waals surface area (Å²) in [5, 5.41) is 6.81. The van der Waals surface area contributed by atoms with Gasteiger partial charge >= 0.3 is 0 Å². The van der Waals surface area contributed by atoms with Crippen LogP contribution in [-0.4, -0.2) is 62.9 Å². The first kappa shape index (κ1) is 23.6. The third kappa shape index (κ3) is 9.15. The maximum Gasteiger partial charge on any atom is 0.191 e. The Morgan fingerprint density at radius 3 is 2.76 bits per heavy atom. The summed E-state index contributed by atoms with van der Waals surface area (Å²) in [6, 6.07) is 8.38. The van der Waals surface area contributed by atoms with Crippen LogP contribution in [0.5, 0.6) is 0 Å². The molecule has 0 aromatic heterocycles. The summed E-state index contributed by atoms with van der Waals surface area (Å²) in [5.41, 5.74) is 2.42. The molecule has 1 unspecified atom stereocenters. The Morgan fingerprint density at radius 1 is 1.24 bits per heavy atom. The van der Waals surface area contributed by atoms with Gasteiger partial charge in [-0.3, -0.25) is 4.90 Å². The Morgan fingerprint density at radius 2 is 2.03 bits per heavy atom. The number of rotatable bonds is 11. The quantitative estimate of drug-likeness (QED) is 0.337. The van der Waals surface area contributed by atoms with Gasteiger partial charge in [0.15, 0.2) is 5.96 Å². The molecule has 1 aliphatic rings. The fourth-order valence-corrected chi connectivity index (χ4v) is 3.48. The summed E-state index contributed by atoms with van der Waals surface area (Å²) in [7, 11) is 0. The largest absolute Gasteiger partial charge is 0.377 e. The number of ether oxygens (including phenoxy) is 2. The van der Waals surface area contributed by atoms with Crippen LogP contribution in [0, 0.1) is 5.92 Å². The van der Waals surface area contributed by atoms with Gasteiger partial charge in [-0.15, -0.1) is 0 Å². The van der Waals surface area contributed by atoms with Gasteiger partial charge in [-0.05, 0) is 30.4 Å². The number of nitrogens with one attached hydrogen (secondary N) is 2. The van der Waals surface area contributed by atoms with E-state index in [2.05, 4.69) is 67.5 Å². The van der Waals surface area contributed by atoms with Crippen LogP contribution in [0.15, 0.2) is 29.3 Å². The van der Waals surface area contributed by atoms with Crippen LogP contribution < -0.4 is 10.6 Å². The minimum absolute atomic E-state index is 0.195. The standard InChI is InChI=1S/C23H40N4O2/c1-5-12-28-18-21-10-8-7-9-20(21)14-25-23(24-6-2)26-15-22-17-27(11-13-29-22)16-19(3)4/h7-10,19,22H,5-6,11-18H2,1-4H3,(H2,24,25,26). The molecule has 2 rings (SSSR count). The van der Waals surface area contributed by atoms with Gasteiger partial charge in [0.1, 0.15) is 0 Å². The van der Waals surface area contributed by atoms with E-state index < -0.39 is 0 Å². The molecule has 2 N–H and O–H groups in total. The zero-order valence-electron chi connectivity index (χ0n) is 18.7. The minimum Gasteiger partial charge on any atom is -0.377 e. The first-order valence-electron chi connectivity index (χ1n) is 11.1. The van der Waals surface area contributed by atoms with Gasteiger partial charge in [-0.2, -0.15) is 0 Å². The van der Waals surface area contributed by atoms with Gasteiger partial charge in [0, 0.05) is 39.3 Å². The molecule has 1 aromatic carbocycles. The molecule has 0 aliphatic carbocycles. The van der Waals surface area contributed by atoms with Crippen LogP contribution in [0.4, 0.5) is 0 Å². The molecule has 1 aromatic rings. The van der Waals surface area contributed by atoms with E-state index in [1.165, 1.54) is 11.1 Å². The normalized spacial score (nSPS) is 18.2. The summed E-state index contributed by atoms with van der Waals surface area (Å²) in [5.74, 6) is 1.52. The lowest BCUT2D eigenvalue weighted by Crippen LogP contribution is -2.50. The summed E-state index contributed by atoms with van der Waals surface area (Å²) in [6.45, 7) is 16.3. The topological polar surface area (TPSA) is 58.1 Å². The molecule has 164 valence electrons. The van der Waals surface area contributed by atoms with Crippen molar-refractivity contribution in [2.45, 2.75) is 53.4 Å². The first-order chi connectivity index (χ1) is 14.1. The van der Waals surface area contributed by atoms with E-state index in [1.54, 1.807) is 0 Å². The number of morpholine rings is 1. The predicted molar refractivity (Wildman–Crippen MR) is 120 cm³/mol. The van der Waals surface area contributed by atoms with Gasteiger partial charge in [0.05, 0.1) is 25.9 Å². The Balaban J connectivity index is 1.89. The lowest BCUT2D eigenvalue weighted by molar-refractivity contribution is -0.0284. The second-order valence-corrected chi connectivity index (χ2v) is 8.04. The van der Waals surface area contributed by atoms with Gasteiger partial charge in [0.25, 0.3) is 0 Å². The second-order valence-electron chi connectivity index (χ2n) is 8.04. The molecule has 6 nitrogen and oxygen atoms in total. The van der Waals surface area contributed by atoms with Crippen molar-refractivity contribution in [2.75, 3.05) is 45.9 Å². The smallest absolute Gasteiger partial charge is 0.191 e. The Hall–Kier alpha value is -1.63. The van der Waals surface area contributed by atoms with Crippen molar-refractivity contribution >= 4 is 5.96 Å². The molecule has 1 fully saturated rings. The molecule has 6 heteroatoms. The van der Waals surface area contributed by atoms with Crippen LogP contribution in [0.2, 0.25) is 0 Å². The fourth-order valence-electron chi connectivity index (χ4n) is 3.48. The van der Waals surface area contributed by atoms with Crippen molar-refractivity contribution in [3.05, 3.63) is 35.4 Å². The van der Waals surface area contributed by atoms with Crippen molar-refractivity contribution in [2.24, 2.45) is 10.9 Å². The highest BCUT2D eigenvalue weighted by molar-refractivity contribution is 5.79. The monoisotopic (exact) mass is 404 g/mol. The summed E-state index contributed by atoms with van der Waals surface area (Å²) in [4.78, 5) is 7.29. The SMILES string of the molecule is CCCOCc1ccccc1CN=C(NCC)NCC1CN(CC(C)C)CCO1. The molecule has 0 spiro atoms. The third-order valence-electron chi connectivity index (χ3n) is 4.82. The zero-order chi connectivity index (χ0) is 20.9. The lowest BCUT2D eigenvalue weighted by atomic mass is 10.1. The van der Waals surface area contributed by atoms with Crippen molar-refractivity contribution in [1.82, 2.24) is 15.5 Å². The van der Waals surface area contributed by atoms with E-state index in [0.29, 0.717) is 19.1 Å². The van der Waals surface area contributed by atoms with E-state index in [9.17, 15) is 0 Å². The summed E-state index contributed by atoms with van der Waals surface area (Å²) in [6.07, 6.45) is 1.23. The second kappa shape index (κ2) is 13.6. The molecule has 29 heavy (non-hydrogen) atoms. The Kier molecular flexibility index (Phi) is 11.1. The molecule has 0 saturated carbocycles. The van der Waals surface area contributed by atoms with Gasteiger partial charge in [-0.25, -0.2) is 4.99 Å². The minimum atomic E-state index is 0.195. The Bertz CT molecular complexity index is 606. The van der Waals surface area contributed by atoms with Crippen molar-refractivity contribution < 1.29 is 9.47 Å². The lowest BCUT2D eigenvalue weighted by Gasteiger charge is -2.34. The van der Waals surface area contributed by atoms with Crippen molar-refractivity contribution in [3.8, 4) is 0 Å². The van der Waals surface area contributed by atoms with E-state index in [1.807, 2.05) is 0 Å². The van der Waals surface area contributed by atoms with Crippen molar-refractivity contribution in [3.63, 3.8) is 0 Å². The Labute approximate surface area is 177 Å². The highest BCUT2D eigenvalue weighted by Crippen LogP contribution is 2.12. The number of hydrogen-bond acceptors (Lipinski definition) is 4. The third-order valence-corrected chi connectivity index (χ3v) is 4.82. The number of hydrogen-bond donors (Lipinski definition) is 2. The molecule has 1 saturated heterocycles. The number of guanidine groups is 1. The molecular formula is C23H40N4O2. The fraction of sp³-hybridized carbons (Fsp3) is 0.696.